The minimum absolute atomic E-state index is 0.300. The average Bonchev–Trinajstić information content (AvgIpc) is 3.04. The van der Waals surface area contributed by atoms with Gasteiger partial charge in [-0.15, -0.1) is 0 Å². The molecule has 5 heteroatoms. The predicted octanol–water partition coefficient (Wildman–Crippen LogP) is 2.33. The van der Waals surface area contributed by atoms with Gasteiger partial charge in [0.1, 0.15) is 11.8 Å². The lowest BCUT2D eigenvalue weighted by Crippen LogP contribution is -2.48. The highest BCUT2D eigenvalue weighted by Crippen LogP contribution is 2.24. The number of hydrogen-bond donors (Lipinski definition) is 1. The van der Waals surface area contributed by atoms with Crippen LogP contribution in [0.4, 0.5) is 0 Å². The number of fused-ring (bicyclic) bond motifs is 1. The Bertz CT molecular complexity index is 718. The van der Waals surface area contributed by atoms with E-state index in [1.54, 1.807) is 18.2 Å². The summed E-state index contributed by atoms with van der Waals surface area (Å²) < 4.78 is 5.13. The number of carbonyl (C=O) groups is 2. The molecule has 1 aliphatic rings. The summed E-state index contributed by atoms with van der Waals surface area (Å²) in [6, 6.07) is 10.2. The van der Waals surface area contributed by atoms with E-state index in [9.17, 15) is 14.7 Å². The van der Waals surface area contributed by atoms with Crippen molar-refractivity contribution < 1.29 is 19.1 Å². The number of rotatable bonds is 3. The molecule has 2 aromatic rings. The number of carbonyl (C=O) groups excluding carboxylic acids is 1. The highest BCUT2D eigenvalue weighted by molar-refractivity contribution is 5.94. The molecule has 0 bridgehead atoms. The molecule has 1 N–H and O–H groups in total. The zero-order valence-corrected chi connectivity index (χ0v) is 11.8. The van der Waals surface area contributed by atoms with Gasteiger partial charge in [0, 0.05) is 19.0 Å². The standard InChI is InChI=1S/C17H15NO4/c19-16(8-7-14-6-3-9-22-14)18-11-13-5-2-1-4-12(13)10-15(18)17(20)21/h1-9,15H,10-11H2,(H,20,21)/b8-7-/t15-/m0/s1. The van der Waals surface area contributed by atoms with E-state index >= 15 is 0 Å². The first-order chi connectivity index (χ1) is 10.6. The van der Waals surface area contributed by atoms with Crippen LogP contribution in [0.2, 0.25) is 0 Å². The third-order valence-electron chi connectivity index (χ3n) is 3.75. The lowest BCUT2D eigenvalue weighted by Gasteiger charge is -2.33. The monoisotopic (exact) mass is 297 g/mol. The van der Waals surface area contributed by atoms with Crippen molar-refractivity contribution in [2.75, 3.05) is 0 Å². The van der Waals surface area contributed by atoms with Crippen molar-refractivity contribution in [3.8, 4) is 0 Å². The molecule has 1 aromatic carbocycles. The molecular formula is C17H15NO4. The molecule has 0 radical (unpaired) electrons. The first kappa shape index (κ1) is 14.1. The van der Waals surface area contributed by atoms with Crippen molar-refractivity contribution in [3.63, 3.8) is 0 Å². The molecule has 0 aliphatic carbocycles. The van der Waals surface area contributed by atoms with Gasteiger partial charge in [0.15, 0.2) is 0 Å². The molecular weight excluding hydrogens is 282 g/mol. The van der Waals surface area contributed by atoms with Crippen LogP contribution in [0.25, 0.3) is 6.08 Å². The molecule has 1 amide bonds. The van der Waals surface area contributed by atoms with Crippen LogP contribution >= 0.6 is 0 Å². The van der Waals surface area contributed by atoms with Gasteiger partial charge in [-0.2, -0.15) is 0 Å². The normalized spacial score (nSPS) is 17.5. The highest BCUT2D eigenvalue weighted by Gasteiger charge is 2.33. The second kappa shape index (κ2) is 5.89. The Morgan fingerprint density at radius 3 is 2.64 bits per heavy atom. The molecule has 5 nitrogen and oxygen atoms in total. The number of benzene rings is 1. The summed E-state index contributed by atoms with van der Waals surface area (Å²) in [6.45, 7) is 0.300. The van der Waals surface area contributed by atoms with Crippen molar-refractivity contribution >= 4 is 18.0 Å². The van der Waals surface area contributed by atoms with Crippen LogP contribution in [0.15, 0.2) is 53.2 Å². The molecule has 0 unspecified atom stereocenters. The van der Waals surface area contributed by atoms with Crippen LogP contribution in [-0.2, 0) is 22.6 Å². The maximum Gasteiger partial charge on any atom is 0.326 e. The van der Waals surface area contributed by atoms with Crippen molar-refractivity contribution in [2.24, 2.45) is 0 Å². The van der Waals surface area contributed by atoms with E-state index in [1.807, 2.05) is 24.3 Å². The summed E-state index contributed by atoms with van der Waals surface area (Å²) in [7, 11) is 0. The number of amides is 1. The Hall–Kier alpha value is -2.82. The summed E-state index contributed by atoms with van der Waals surface area (Å²) in [4.78, 5) is 25.2. The van der Waals surface area contributed by atoms with Gasteiger partial charge in [-0.05, 0) is 29.3 Å². The van der Waals surface area contributed by atoms with E-state index in [-0.39, 0.29) is 5.91 Å². The summed E-state index contributed by atoms with van der Waals surface area (Å²) >= 11 is 0. The Balaban J connectivity index is 1.84. The Morgan fingerprint density at radius 1 is 1.18 bits per heavy atom. The van der Waals surface area contributed by atoms with Crippen LogP contribution in [0.3, 0.4) is 0 Å². The number of carboxylic acid groups (broad SMARTS) is 1. The van der Waals surface area contributed by atoms with Crippen molar-refractivity contribution in [1.29, 1.82) is 0 Å². The van der Waals surface area contributed by atoms with Crippen molar-refractivity contribution in [2.45, 2.75) is 19.0 Å². The van der Waals surface area contributed by atoms with Crippen LogP contribution in [0.1, 0.15) is 16.9 Å². The van der Waals surface area contributed by atoms with Gasteiger partial charge < -0.3 is 14.4 Å². The number of furan rings is 1. The first-order valence-electron chi connectivity index (χ1n) is 6.97. The van der Waals surface area contributed by atoms with Gasteiger partial charge in [-0.1, -0.05) is 24.3 Å². The molecule has 0 saturated heterocycles. The molecule has 1 aromatic heterocycles. The van der Waals surface area contributed by atoms with Gasteiger partial charge >= 0.3 is 5.97 Å². The molecule has 1 atom stereocenters. The molecule has 3 rings (SSSR count). The number of carboxylic acids is 1. The minimum atomic E-state index is -0.991. The van der Waals surface area contributed by atoms with Gasteiger partial charge in [0.05, 0.1) is 6.26 Å². The largest absolute Gasteiger partial charge is 0.480 e. The first-order valence-corrected chi connectivity index (χ1v) is 6.97. The van der Waals surface area contributed by atoms with Gasteiger partial charge in [-0.3, -0.25) is 4.79 Å². The lowest BCUT2D eigenvalue weighted by atomic mass is 9.94. The molecule has 1 aliphatic heterocycles. The SMILES string of the molecule is O=C(O)[C@@H]1Cc2ccccc2CN1C(=O)/C=C\c1ccco1. The maximum absolute atomic E-state index is 12.4. The third kappa shape index (κ3) is 2.79. The summed E-state index contributed by atoms with van der Waals surface area (Å²) in [5.74, 6) is -0.773. The highest BCUT2D eigenvalue weighted by atomic mass is 16.4. The van der Waals surface area contributed by atoms with Crippen molar-refractivity contribution in [1.82, 2.24) is 4.90 Å². The zero-order chi connectivity index (χ0) is 15.5. The molecule has 0 spiro atoms. The Morgan fingerprint density at radius 2 is 1.95 bits per heavy atom. The van der Waals surface area contributed by atoms with Crippen molar-refractivity contribution in [3.05, 3.63) is 65.6 Å². The fraction of sp³-hybridized carbons (Fsp3) is 0.176. The zero-order valence-electron chi connectivity index (χ0n) is 11.8. The van der Waals surface area contributed by atoms with Crippen LogP contribution in [-0.4, -0.2) is 27.9 Å². The van der Waals surface area contributed by atoms with Crippen LogP contribution < -0.4 is 0 Å². The van der Waals surface area contributed by atoms with Gasteiger partial charge in [0.25, 0.3) is 0 Å². The fourth-order valence-corrected chi connectivity index (χ4v) is 2.61. The van der Waals surface area contributed by atoms with E-state index in [1.165, 1.54) is 17.2 Å². The summed E-state index contributed by atoms with van der Waals surface area (Å²) in [5.41, 5.74) is 1.97. The van der Waals surface area contributed by atoms with E-state index in [4.69, 9.17) is 4.42 Å². The Kier molecular flexibility index (Phi) is 3.78. The Labute approximate surface area is 127 Å². The number of aliphatic carboxylic acids is 1. The topological polar surface area (TPSA) is 70.8 Å². The number of nitrogens with zero attached hydrogens (tertiary/aromatic N) is 1. The third-order valence-corrected chi connectivity index (χ3v) is 3.75. The number of hydrogen-bond acceptors (Lipinski definition) is 3. The predicted molar refractivity (Wildman–Crippen MR) is 79.9 cm³/mol. The minimum Gasteiger partial charge on any atom is -0.480 e. The summed E-state index contributed by atoms with van der Waals surface area (Å²) in [6.07, 6.45) is 4.73. The summed E-state index contributed by atoms with van der Waals surface area (Å²) in [5, 5.41) is 9.40. The van der Waals surface area contributed by atoms with E-state index < -0.39 is 12.0 Å². The maximum atomic E-state index is 12.4. The average molecular weight is 297 g/mol. The van der Waals surface area contributed by atoms with E-state index in [0.29, 0.717) is 18.7 Å². The second-order valence-corrected chi connectivity index (χ2v) is 5.14. The van der Waals surface area contributed by atoms with Crippen LogP contribution in [0, 0.1) is 0 Å². The van der Waals surface area contributed by atoms with E-state index in [0.717, 1.165) is 11.1 Å². The van der Waals surface area contributed by atoms with E-state index in [2.05, 4.69) is 0 Å². The molecule has 2 heterocycles. The second-order valence-electron chi connectivity index (χ2n) is 5.14. The van der Waals surface area contributed by atoms with Crippen LogP contribution in [0.5, 0.6) is 0 Å². The van der Waals surface area contributed by atoms with Gasteiger partial charge in [0.2, 0.25) is 5.91 Å². The van der Waals surface area contributed by atoms with Gasteiger partial charge in [-0.25, -0.2) is 4.79 Å². The quantitative estimate of drug-likeness (QED) is 0.883. The fourth-order valence-electron chi connectivity index (χ4n) is 2.61. The smallest absolute Gasteiger partial charge is 0.326 e. The molecule has 0 fully saturated rings. The molecule has 22 heavy (non-hydrogen) atoms. The molecule has 112 valence electrons. The lowest BCUT2D eigenvalue weighted by molar-refractivity contribution is -0.149. The molecule has 0 saturated carbocycles.